The van der Waals surface area contributed by atoms with E-state index in [0.29, 0.717) is 33.6 Å². The number of halogens is 2. The van der Waals surface area contributed by atoms with Crippen molar-refractivity contribution in [1.82, 2.24) is 19.9 Å². The molecule has 0 atom stereocenters. The molecule has 0 saturated carbocycles. The van der Waals surface area contributed by atoms with Crippen LogP contribution in [-0.2, 0) is 6.54 Å². The van der Waals surface area contributed by atoms with Crippen molar-refractivity contribution in [1.29, 1.82) is 0 Å². The first kappa shape index (κ1) is 12.2. The van der Waals surface area contributed by atoms with E-state index in [1.165, 1.54) is 6.33 Å². The summed E-state index contributed by atoms with van der Waals surface area (Å²) < 4.78 is 0. The predicted molar refractivity (Wildman–Crippen MR) is 75.5 cm³/mol. The van der Waals surface area contributed by atoms with E-state index >= 15 is 0 Å². The van der Waals surface area contributed by atoms with Gasteiger partial charge >= 0.3 is 0 Å². The molecule has 7 heteroatoms. The lowest BCUT2D eigenvalue weighted by Gasteiger charge is -2.06. The first-order chi connectivity index (χ1) is 9.22. The summed E-state index contributed by atoms with van der Waals surface area (Å²) in [4.78, 5) is 15.3. The minimum Gasteiger partial charge on any atom is -0.364 e. The van der Waals surface area contributed by atoms with Gasteiger partial charge in [-0.2, -0.15) is 0 Å². The van der Waals surface area contributed by atoms with Gasteiger partial charge in [-0.3, -0.25) is 0 Å². The molecule has 0 bridgehead atoms. The first-order valence-electron chi connectivity index (χ1n) is 5.55. The van der Waals surface area contributed by atoms with Crippen LogP contribution in [-0.4, -0.2) is 19.9 Å². The van der Waals surface area contributed by atoms with Gasteiger partial charge in [-0.25, -0.2) is 15.0 Å². The van der Waals surface area contributed by atoms with Crippen molar-refractivity contribution in [3.63, 3.8) is 0 Å². The van der Waals surface area contributed by atoms with Crippen LogP contribution in [0.15, 0.2) is 30.9 Å². The Labute approximate surface area is 119 Å². The number of fused-ring (bicyclic) bond motifs is 1. The van der Waals surface area contributed by atoms with Gasteiger partial charge in [0.15, 0.2) is 11.5 Å². The molecule has 96 valence electrons. The van der Waals surface area contributed by atoms with Crippen LogP contribution in [0.4, 0.5) is 5.82 Å². The number of rotatable bonds is 3. The minimum atomic E-state index is 0.555. The van der Waals surface area contributed by atoms with Crippen LogP contribution < -0.4 is 5.32 Å². The lowest BCUT2D eigenvalue weighted by Crippen LogP contribution is -2.02. The number of aromatic amines is 1. The molecule has 0 amide bonds. The Morgan fingerprint density at radius 1 is 1.05 bits per heavy atom. The van der Waals surface area contributed by atoms with Crippen molar-refractivity contribution < 1.29 is 0 Å². The van der Waals surface area contributed by atoms with E-state index < -0.39 is 0 Å². The molecule has 2 N–H and O–H groups in total. The van der Waals surface area contributed by atoms with E-state index in [2.05, 4.69) is 25.3 Å². The SMILES string of the molecule is Clc1cc(Cl)cc(CNc2ncnc3[nH]cnc23)c1. The molecule has 0 aliphatic carbocycles. The van der Waals surface area contributed by atoms with E-state index in [-0.39, 0.29) is 0 Å². The number of anilines is 1. The van der Waals surface area contributed by atoms with Crippen molar-refractivity contribution in [3.8, 4) is 0 Å². The molecule has 0 aliphatic heterocycles. The van der Waals surface area contributed by atoms with Crippen LogP contribution in [0.25, 0.3) is 11.2 Å². The van der Waals surface area contributed by atoms with Crippen molar-refractivity contribution in [2.75, 3.05) is 5.32 Å². The number of nitrogens with zero attached hydrogens (tertiary/aromatic N) is 3. The highest BCUT2D eigenvalue weighted by atomic mass is 35.5. The Kier molecular flexibility index (Phi) is 3.23. The Morgan fingerprint density at radius 3 is 2.63 bits per heavy atom. The Hall–Kier alpha value is -1.85. The standard InChI is InChI=1S/C12H9Cl2N5/c13-8-1-7(2-9(14)3-8)4-15-11-10-12(17-5-16-10)19-6-18-11/h1-3,5-6H,4H2,(H2,15,16,17,18,19). The third kappa shape index (κ3) is 2.62. The molecule has 1 aromatic carbocycles. The van der Waals surface area contributed by atoms with Gasteiger partial charge in [-0.1, -0.05) is 23.2 Å². The van der Waals surface area contributed by atoms with Gasteiger partial charge < -0.3 is 10.3 Å². The largest absolute Gasteiger partial charge is 0.364 e. The fourth-order valence-corrected chi connectivity index (χ4v) is 2.36. The molecule has 2 aromatic heterocycles. The summed E-state index contributed by atoms with van der Waals surface area (Å²) in [6.45, 7) is 0.555. The number of aromatic nitrogens is 4. The summed E-state index contributed by atoms with van der Waals surface area (Å²) in [5.41, 5.74) is 2.37. The molecule has 0 fully saturated rings. The highest BCUT2D eigenvalue weighted by Gasteiger charge is 2.06. The zero-order chi connectivity index (χ0) is 13.2. The average Bonchev–Trinajstić information content (AvgIpc) is 2.83. The number of hydrogen-bond acceptors (Lipinski definition) is 4. The molecule has 0 unspecified atom stereocenters. The van der Waals surface area contributed by atoms with Gasteiger partial charge in [-0.05, 0) is 23.8 Å². The second-order valence-electron chi connectivity index (χ2n) is 3.95. The van der Waals surface area contributed by atoms with E-state index in [0.717, 1.165) is 5.56 Å². The molecule has 3 aromatic rings. The summed E-state index contributed by atoms with van der Waals surface area (Å²) in [6.07, 6.45) is 3.06. The smallest absolute Gasteiger partial charge is 0.162 e. The monoisotopic (exact) mass is 293 g/mol. The molecule has 3 rings (SSSR count). The second kappa shape index (κ2) is 5.03. The number of imidazole rings is 1. The van der Waals surface area contributed by atoms with Crippen molar-refractivity contribution in [3.05, 3.63) is 46.5 Å². The van der Waals surface area contributed by atoms with Crippen molar-refractivity contribution in [2.24, 2.45) is 0 Å². The van der Waals surface area contributed by atoms with Crippen LogP contribution in [0, 0.1) is 0 Å². The zero-order valence-electron chi connectivity index (χ0n) is 9.69. The molecule has 0 saturated heterocycles. The number of H-pyrrole nitrogens is 1. The lowest BCUT2D eigenvalue weighted by atomic mass is 10.2. The molecule has 0 spiro atoms. The lowest BCUT2D eigenvalue weighted by molar-refractivity contribution is 1.10. The molecular formula is C12H9Cl2N5. The molecule has 5 nitrogen and oxygen atoms in total. The predicted octanol–water partition coefficient (Wildman–Crippen LogP) is 3.27. The summed E-state index contributed by atoms with van der Waals surface area (Å²) in [5.74, 6) is 0.669. The summed E-state index contributed by atoms with van der Waals surface area (Å²) >= 11 is 11.9. The van der Waals surface area contributed by atoms with Crippen molar-refractivity contribution >= 4 is 40.2 Å². The highest BCUT2D eigenvalue weighted by molar-refractivity contribution is 6.34. The summed E-state index contributed by atoms with van der Waals surface area (Å²) in [7, 11) is 0. The average molecular weight is 294 g/mol. The van der Waals surface area contributed by atoms with Gasteiger partial charge in [0, 0.05) is 16.6 Å². The van der Waals surface area contributed by atoms with Crippen LogP contribution in [0.3, 0.4) is 0 Å². The van der Waals surface area contributed by atoms with Crippen LogP contribution in [0.5, 0.6) is 0 Å². The topological polar surface area (TPSA) is 66.5 Å². The van der Waals surface area contributed by atoms with Crippen LogP contribution in [0.2, 0.25) is 10.0 Å². The number of benzene rings is 1. The Morgan fingerprint density at radius 2 is 1.84 bits per heavy atom. The van der Waals surface area contributed by atoms with Gasteiger partial charge in [-0.15, -0.1) is 0 Å². The van der Waals surface area contributed by atoms with Crippen molar-refractivity contribution in [2.45, 2.75) is 6.54 Å². The Balaban J connectivity index is 1.84. The Bertz CT molecular complexity index is 705. The third-order valence-electron chi connectivity index (χ3n) is 2.60. The van der Waals surface area contributed by atoms with E-state index in [9.17, 15) is 0 Å². The van der Waals surface area contributed by atoms with E-state index in [1.807, 2.05) is 12.1 Å². The van der Waals surface area contributed by atoms with Gasteiger partial charge in [0.25, 0.3) is 0 Å². The maximum absolute atomic E-state index is 5.95. The fourth-order valence-electron chi connectivity index (χ4n) is 1.79. The summed E-state index contributed by atoms with van der Waals surface area (Å²) in [6, 6.07) is 5.40. The minimum absolute atomic E-state index is 0.555. The van der Waals surface area contributed by atoms with Gasteiger partial charge in [0.05, 0.1) is 6.33 Å². The second-order valence-corrected chi connectivity index (χ2v) is 4.83. The quantitative estimate of drug-likeness (QED) is 0.778. The maximum atomic E-state index is 5.95. The van der Waals surface area contributed by atoms with Gasteiger partial charge in [0.1, 0.15) is 11.8 Å². The van der Waals surface area contributed by atoms with E-state index in [4.69, 9.17) is 23.2 Å². The van der Waals surface area contributed by atoms with E-state index in [1.54, 1.807) is 12.4 Å². The number of nitrogens with one attached hydrogen (secondary N) is 2. The number of hydrogen-bond donors (Lipinski definition) is 2. The maximum Gasteiger partial charge on any atom is 0.162 e. The molecule has 19 heavy (non-hydrogen) atoms. The van der Waals surface area contributed by atoms with Crippen LogP contribution in [0.1, 0.15) is 5.56 Å². The summed E-state index contributed by atoms with van der Waals surface area (Å²) in [5, 5.41) is 4.41. The first-order valence-corrected chi connectivity index (χ1v) is 6.31. The van der Waals surface area contributed by atoms with Gasteiger partial charge in [0.2, 0.25) is 0 Å². The molecular weight excluding hydrogens is 285 g/mol. The molecule has 2 heterocycles. The highest BCUT2D eigenvalue weighted by Crippen LogP contribution is 2.20. The molecule has 0 aliphatic rings. The normalized spacial score (nSPS) is 10.8. The molecule has 0 radical (unpaired) electrons. The fraction of sp³-hybridized carbons (Fsp3) is 0.0833. The third-order valence-corrected chi connectivity index (χ3v) is 3.04. The zero-order valence-corrected chi connectivity index (χ0v) is 11.2. The van der Waals surface area contributed by atoms with Crippen LogP contribution >= 0.6 is 23.2 Å².